The SMILES string of the molecule is O=C(O)/C=C/c1cc(Cl)c([N+](=O)[O-])cc1Cl. The van der Waals surface area contributed by atoms with E-state index in [9.17, 15) is 14.9 Å². The molecule has 7 heteroatoms. The van der Waals surface area contributed by atoms with Crippen LogP contribution in [0.4, 0.5) is 5.69 Å². The molecule has 0 saturated heterocycles. The van der Waals surface area contributed by atoms with Crippen LogP contribution >= 0.6 is 23.2 Å². The molecule has 5 nitrogen and oxygen atoms in total. The maximum atomic E-state index is 10.5. The Morgan fingerprint density at radius 1 is 1.38 bits per heavy atom. The molecular formula is C9H5Cl2NO4. The number of rotatable bonds is 3. The number of hydrogen-bond acceptors (Lipinski definition) is 3. The number of nitro benzene ring substituents is 1. The highest BCUT2D eigenvalue weighted by molar-refractivity contribution is 6.35. The molecule has 0 spiro atoms. The average molecular weight is 262 g/mol. The zero-order valence-corrected chi connectivity index (χ0v) is 9.20. The number of benzene rings is 1. The fraction of sp³-hybridized carbons (Fsp3) is 0. The number of halogens is 2. The highest BCUT2D eigenvalue weighted by atomic mass is 35.5. The van der Waals surface area contributed by atoms with E-state index in [1.807, 2.05) is 0 Å². The second kappa shape index (κ2) is 4.96. The van der Waals surface area contributed by atoms with Crippen LogP contribution in [0.5, 0.6) is 0 Å². The Bertz CT molecular complexity index is 485. The fourth-order valence-electron chi connectivity index (χ4n) is 0.980. The lowest BCUT2D eigenvalue weighted by Crippen LogP contribution is -1.91. The highest BCUT2D eigenvalue weighted by Crippen LogP contribution is 2.31. The molecule has 0 bridgehead atoms. The molecule has 1 rings (SSSR count). The van der Waals surface area contributed by atoms with Crippen LogP contribution in [0, 0.1) is 10.1 Å². The second-order valence-corrected chi connectivity index (χ2v) is 3.57. The zero-order valence-electron chi connectivity index (χ0n) is 7.68. The summed E-state index contributed by atoms with van der Waals surface area (Å²) in [5, 5.41) is 18.9. The van der Waals surface area contributed by atoms with Crippen molar-refractivity contribution in [1.29, 1.82) is 0 Å². The van der Waals surface area contributed by atoms with Crippen molar-refractivity contribution in [1.82, 2.24) is 0 Å². The number of aliphatic carboxylic acids is 1. The van der Waals surface area contributed by atoms with E-state index < -0.39 is 10.9 Å². The molecule has 0 heterocycles. The van der Waals surface area contributed by atoms with E-state index in [2.05, 4.69) is 0 Å². The van der Waals surface area contributed by atoms with Crippen molar-refractivity contribution in [3.8, 4) is 0 Å². The predicted molar refractivity (Wildman–Crippen MR) is 59.8 cm³/mol. The highest BCUT2D eigenvalue weighted by Gasteiger charge is 2.14. The van der Waals surface area contributed by atoms with Crippen LogP contribution in [-0.2, 0) is 4.79 Å². The Morgan fingerprint density at radius 3 is 2.50 bits per heavy atom. The van der Waals surface area contributed by atoms with Crippen LogP contribution in [0.15, 0.2) is 18.2 Å². The van der Waals surface area contributed by atoms with Crippen molar-refractivity contribution in [3.63, 3.8) is 0 Å². The Hall–Kier alpha value is -1.59. The van der Waals surface area contributed by atoms with Gasteiger partial charge in [-0.25, -0.2) is 4.79 Å². The number of nitrogens with zero attached hydrogens (tertiary/aromatic N) is 1. The molecule has 0 atom stereocenters. The summed E-state index contributed by atoms with van der Waals surface area (Å²) < 4.78 is 0. The van der Waals surface area contributed by atoms with Crippen molar-refractivity contribution in [2.24, 2.45) is 0 Å². The van der Waals surface area contributed by atoms with Crippen molar-refractivity contribution >= 4 is 40.9 Å². The first kappa shape index (κ1) is 12.5. The lowest BCUT2D eigenvalue weighted by atomic mass is 10.2. The summed E-state index contributed by atoms with van der Waals surface area (Å²) in [5.41, 5.74) is -0.0150. The van der Waals surface area contributed by atoms with Crippen molar-refractivity contribution in [3.05, 3.63) is 43.9 Å². The third-order valence-corrected chi connectivity index (χ3v) is 2.30. The van der Waals surface area contributed by atoms with Gasteiger partial charge in [-0.15, -0.1) is 0 Å². The Morgan fingerprint density at radius 2 is 2.00 bits per heavy atom. The average Bonchev–Trinajstić information content (AvgIpc) is 2.18. The van der Waals surface area contributed by atoms with E-state index in [-0.39, 0.29) is 15.7 Å². The van der Waals surface area contributed by atoms with Gasteiger partial charge in [-0.2, -0.15) is 0 Å². The van der Waals surface area contributed by atoms with Gasteiger partial charge in [0.2, 0.25) is 0 Å². The molecule has 0 aliphatic heterocycles. The van der Waals surface area contributed by atoms with Gasteiger partial charge < -0.3 is 5.11 Å². The van der Waals surface area contributed by atoms with Gasteiger partial charge >= 0.3 is 5.97 Å². The van der Waals surface area contributed by atoms with E-state index in [4.69, 9.17) is 28.3 Å². The fourth-order valence-corrected chi connectivity index (χ4v) is 1.44. The minimum absolute atomic E-state index is 0.0635. The van der Waals surface area contributed by atoms with Gasteiger partial charge in [0, 0.05) is 12.1 Å². The summed E-state index contributed by atoms with van der Waals surface area (Å²) in [5.74, 6) is -1.15. The molecule has 0 amide bonds. The maximum absolute atomic E-state index is 10.5. The summed E-state index contributed by atoms with van der Waals surface area (Å²) in [6.45, 7) is 0. The quantitative estimate of drug-likeness (QED) is 0.515. The van der Waals surface area contributed by atoms with E-state index in [0.29, 0.717) is 5.56 Å². The van der Waals surface area contributed by atoms with E-state index >= 15 is 0 Å². The van der Waals surface area contributed by atoms with E-state index in [1.54, 1.807) is 0 Å². The normalized spacial score (nSPS) is 10.6. The molecule has 0 aromatic heterocycles. The number of carboxylic acid groups (broad SMARTS) is 1. The van der Waals surface area contributed by atoms with Crippen LogP contribution < -0.4 is 0 Å². The standard InChI is InChI=1S/C9H5Cl2NO4/c10-6-4-8(12(15)16)7(11)3-5(6)1-2-9(13)14/h1-4H,(H,13,14)/b2-1+. The molecular weight excluding hydrogens is 257 g/mol. The summed E-state index contributed by atoms with van der Waals surface area (Å²) in [6.07, 6.45) is 2.07. The smallest absolute Gasteiger partial charge is 0.328 e. The van der Waals surface area contributed by atoms with Crippen molar-refractivity contribution in [2.45, 2.75) is 0 Å². The van der Waals surface area contributed by atoms with Gasteiger partial charge in [-0.05, 0) is 17.7 Å². The Labute approximate surface area is 100 Å². The zero-order chi connectivity index (χ0) is 12.3. The van der Waals surface area contributed by atoms with Crippen LogP contribution in [-0.4, -0.2) is 16.0 Å². The maximum Gasteiger partial charge on any atom is 0.328 e. The lowest BCUT2D eigenvalue weighted by molar-refractivity contribution is -0.384. The number of carboxylic acids is 1. The predicted octanol–water partition coefficient (Wildman–Crippen LogP) is 3.00. The molecule has 1 aromatic rings. The first-order valence-electron chi connectivity index (χ1n) is 3.96. The largest absolute Gasteiger partial charge is 0.478 e. The van der Waals surface area contributed by atoms with Crippen molar-refractivity contribution in [2.75, 3.05) is 0 Å². The van der Waals surface area contributed by atoms with Crippen LogP contribution in [0.2, 0.25) is 10.0 Å². The van der Waals surface area contributed by atoms with Gasteiger partial charge in [-0.3, -0.25) is 10.1 Å². The molecule has 0 unspecified atom stereocenters. The minimum atomic E-state index is -1.15. The Kier molecular flexibility index (Phi) is 3.87. The van der Waals surface area contributed by atoms with Crippen LogP contribution in [0.25, 0.3) is 6.08 Å². The lowest BCUT2D eigenvalue weighted by Gasteiger charge is -2.00. The molecule has 0 saturated carbocycles. The van der Waals surface area contributed by atoms with E-state index in [1.165, 1.54) is 12.1 Å². The third-order valence-electron chi connectivity index (χ3n) is 1.67. The van der Waals surface area contributed by atoms with Crippen LogP contribution in [0.3, 0.4) is 0 Å². The van der Waals surface area contributed by atoms with Crippen LogP contribution in [0.1, 0.15) is 5.56 Å². The van der Waals surface area contributed by atoms with Gasteiger partial charge in [0.15, 0.2) is 0 Å². The molecule has 84 valence electrons. The summed E-state index contributed by atoms with van der Waals surface area (Å²) in [4.78, 5) is 20.1. The van der Waals surface area contributed by atoms with Gasteiger partial charge in [0.05, 0.1) is 9.95 Å². The third kappa shape index (κ3) is 2.95. The summed E-state index contributed by atoms with van der Waals surface area (Å²) in [7, 11) is 0. The van der Waals surface area contributed by atoms with Crippen molar-refractivity contribution < 1.29 is 14.8 Å². The monoisotopic (exact) mass is 261 g/mol. The molecule has 0 aliphatic carbocycles. The summed E-state index contributed by atoms with van der Waals surface area (Å²) >= 11 is 11.4. The molecule has 0 fully saturated rings. The molecule has 16 heavy (non-hydrogen) atoms. The minimum Gasteiger partial charge on any atom is -0.478 e. The van der Waals surface area contributed by atoms with Gasteiger partial charge in [0.25, 0.3) is 5.69 Å². The molecule has 0 aliphatic rings. The Balaban J connectivity index is 3.20. The number of carbonyl (C=O) groups is 1. The van der Waals surface area contributed by atoms with Gasteiger partial charge in [-0.1, -0.05) is 23.2 Å². The molecule has 1 N–H and O–H groups in total. The second-order valence-electron chi connectivity index (χ2n) is 2.75. The molecule has 0 radical (unpaired) electrons. The van der Waals surface area contributed by atoms with E-state index in [0.717, 1.165) is 12.1 Å². The number of nitro groups is 1. The van der Waals surface area contributed by atoms with Gasteiger partial charge in [0.1, 0.15) is 5.02 Å². The summed E-state index contributed by atoms with van der Waals surface area (Å²) in [6, 6.07) is 2.31. The molecule has 1 aromatic carbocycles. The topological polar surface area (TPSA) is 80.4 Å². The number of hydrogen-bond donors (Lipinski definition) is 1. The first-order valence-corrected chi connectivity index (χ1v) is 4.72. The first-order chi connectivity index (χ1) is 7.41.